The predicted octanol–water partition coefficient (Wildman–Crippen LogP) is 1.38. The molecule has 108 valence electrons. The molecule has 0 aliphatic carbocycles. The van der Waals surface area contributed by atoms with Crippen LogP contribution in [0, 0.1) is 5.92 Å². The molecule has 1 heterocycles. The fraction of sp³-hybridized carbons (Fsp3) is 0.923. The Hall–Kier alpha value is -0.320. The van der Waals surface area contributed by atoms with E-state index in [0.717, 1.165) is 32.5 Å². The Bertz CT molecular complexity index is 250. The van der Waals surface area contributed by atoms with Gasteiger partial charge in [0, 0.05) is 12.6 Å². The van der Waals surface area contributed by atoms with Crippen molar-refractivity contribution < 1.29 is 4.79 Å². The number of amides is 1. The number of nitrogens with one attached hydrogen (secondary N) is 1. The van der Waals surface area contributed by atoms with E-state index in [0.29, 0.717) is 5.92 Å². The van der Waals surface area contributed by atoms with Crippen molar-refractivity contribution in [2.24, 2.45) is 11.7 Å². The lowest BCUT2D eigenvalue weighted by atomic mass is 9.97. The molecule has 0 bridgehead atoms. The number of nitrogens with zero attached hydrogens (tertiary/aromatic N) is 1. The van der Waals surface area contributed by atoms with Gasteiger partial charge in [-0.3, -0.25) is 9.69 Å². The lowest BCUT2D eigenvalue weighted by molar-refractivity contribution is -0.127. The van der Waals surface area contributed by atoms with E-state index in [1.165, 1.54) is 6.42 Å². The predicted molar refractivity (Wildman–Crippen MR) is 78.0 cm³/mol. The van der Waals surface area contributed by atoms with Crippen molar-refractivity contribution in [3.63, 3.8) is 0 Å². The molecule has 1 rings (SSSR count). The highest BCUT2D eigenvalue weighted by molar-refractivity contribution is 5.85. The molecular weight excluding hydrogens is 250 g/mol. The van der Waals surface area contributed by atoms with Gasteiger partial charge in [0.25, 0.3) is 0 Å². The van der Waals surface area contributed by atoms with Crippen LogP contribution >= 0.6 is 12.4 Å². The van der Waals surface area contributed by atoms with E-state index >= 15 is 0 Å². The molecule has 0 spiro atoms. The third kappa shape index (κ3) is 5.12. The van der Waals surface area contributed by atoms with Gasteiger partial charge >= 0.3 is 0 Å². The normalized spacial score (nSPS) is 23.9. The number of hydrogen-bond acceptors (Lipinski definition) is 3. The van der Waals surface area contributed by atoms with E-state index in [-0.39, 0.29) is 30.4 Å². The van der Waals surface area contributed by atoms with Gasteiger partial charge in [0.2, 0.25) is 5.91 Å². The number of halogens is 1. The largest absolute Gasteiger partial charge is 0.352 e. The first kappa shape index (κ1) is 17.7. The maximum absolute atomic E-state index is 12.0. The first-order valence-corrected chi connectivity index (χ1v) is 6.83. The van der Waals surface area contributed by atoms with Crippen LogP contribution in [0.4, 0.5) is 0 Å². The van der Waals surface area contributed by atoms with E-state index < -0.39 is 0 Å². The lowest BCUT2D eigenvalue weighted by Crippen LogP contribution is -2.51. The van der Waals surface area contributed by atoms with E-state index in [2.05, 4.69) is 17.1 Å². The van der Waals surface area contributed by atoms with Gasteiger partial charge in [0.05, 0.1) is 6.04 Å². The highest BCUT2D eigenvalue weighted by Gasteiger charge is 2.26. The minimum Gasteiger partial charge on any atom is -0.352 e. The molecule has 3 N–H and O–H groups in total. The molecule has 4 nitrogen and oxygen atoms in total. The van der Waals surface area contributed by atoms with Crippen molar-refractivity contribution in [3.8, 4) is 0 Å². The topological polar surface area (TPSA) is 58.4 Å². The second-order valence-electron chi connectivity index (χ2n) is 5.23. The Morgan fingerprint density at radius 3 is 2.72 bits per heavy atom. The van der Waals surface area contributed by atoms with Crippen LogP contribution in [0.15, 0.2) is 0 Å². The maximum Gasteiger partial charge on any atom is 0.237 e. The summed E-state index contributed by atoms with van der Waals surface area (Å²) in [7, 11) is 0. The van der Waals surface area contributed by atoms with Crippen molar-refractivity contribution in [1.29, 1.82) is 0 Å². The molecule has 0 aromatic rings. The van der Waals surface area contributed by atoms with Gasteiger partial charge in [-0.15, -0.1) is 12.4 Å². The molecule has 1 fully saturated rings. The second-order valence-corrected chi connectivity index (χ2v) is 5.23. The highest BCUT2D eigenvalue weighted by Crippen LogP contribution is 2.17. The van der Waals surface area contributed by atoms with Crippen LogP contribution in [0.3, 0.4) is 0 Å². The molecule has 1 saturated heterocycles. The van der Waals surface area contributed by atoms with Crippen LogP contribution in [0.2, 0.25) is 0 Å². The van der Waals surface area contributed by atoms with Gasteiger partial charge < -0.3 is 11.1 Å². The first-order valence-electron chi connectivity index (χ1n) is 6.83. The summed E-state index contributed by atoms with van der Waals surface area (Å²) in [4.78, 5) is 14.3. The van der Waals surface area contributed by atoms with E-state index in [4.69, 9.17) is 5.73 Å². The van der Waals surface area contributed by atoms with E-state index in [1.54, 1.807) is 0 Å². The summed E-state index contributed by atoms with van der Waals surface area (Å²) in [5, 5.41) is 3.05. The molecule has 5 heteroatoms. The van der Waals surface area contributed by atoms with Crippen LogP contribution in [0.25, 0.3) is 0 Å². The van der Waals surface area contributed by atoms with Gasteiger partial charge in [-0.2, -0.15) is 0 Å². The van der Waals surface area contributed by atoms with Crippen LogP contribution in [-0.2, 0) is 4.79 Å². The molecular formula is C13H28ClN3O. The Balaban J connectivity index is 0.00000289. The molecule has 0 aromatic carbocycles. The average molecular weight is 278 g/mol. The number of rotatable bonds is 5. The van der Waals surface area contributed by atoms with Crippen LogP contribution < -0.4 is 11.1 Å². The summed E-state index contributed by atoms with van der Waals surface area (Å²) in [6.07, 6.45) is 3.33. The summed E-state index contributed by atoms with van der Waals surface area (Å²) in [6.45, 7) is 8.84. The Morgan fingerprint density at radius 2 is 2.17 bits per heavy atom. The maximum atomic E-state index is 12.0. The Labute approximate surface area is 117 Å². The SMILES string of the molecule is CCC(C)NC(=O)C(C)N1CCCC(CN)C1.Cl. The Kier molecular flexibility index (Phi) is 8.57. The molecule has 1 amide bonds. The monoisotopic (exact) mass is 277 g/mol. The summed E-state index contributed by atoms with van der Waals surface area (Å²) in [5.41, 5.74) is 5.72. The number of piperidine rings is 1. The minimum absolute atomic E-state index is 0. The van der Waals surface area contributed by atoms with E-state index in [9.17, 15) is 4.79 Å². The van der Waals surface area contributed by atoms with Crippen LogP contribution in [0.1, 0.15) is 40.0 Å². The van der Waals surface area contributed by atoms with Gasteiger partial charge in [0.1, 0.15) is 0 Å². The number of nitrogens with two attached hydrogens (primary N) is 1. The Morgan fingerprint density at radius 1 is 1.50 bits per heavy atom. The van der Waals surface area contributed by atoms with Crippen molar-refractivity contribution in [2.45, 2.75) is 52.1 Å². The number of carbonyl (C=O) groups excluding carboxylic acids is 1. The first-order chi connectivity index (χ1) is 8.08. The zero-order valence-corrected chi connectivity index (χ0v) is 12.6. The molecule has 0 radical (unpaired) electrons. The quantitative estimate of drug-likeness (QED) is 0.798. The molecule has 3 unspecified atom stereocenters. The van der Waals surface area contributed by atoms with Gasteiger partial charge in [0.15, 0.2) is 0 Å². The minimum atomic E-state index is -0.0293. The number of likely N-dealkylation sites (tertiary alicyclic amines) is 1. The van der Waals surface area contributed by atoms with Crippen molar-refractivity contribution in [2.75, 3.05) is 19.6 Å². The third-order valence-electron chi connectivity index (χ3n) is 3.81. The van der Waals surface area contributed by atoms with Gasteiger partial charge in [-0.1, -0.05) is 6.92 Å². The fourth-order valence-corrected chi connectivity index (χ4v) is 2.27. The van der Waals surface area contributed by atoms with Crippen molar-refractivity contribution in [3.05, 3.63) is 0 Å². The summed E-state index contributed by atoms with van der Waals surface area (Å²) in [6, 6.07) is 0.235. The van der Waals surface area contributed by atoms with Crippen molar-refractivity contribution >= 4 is 18.3 Å². The molecule has 0 saturated carbocycles. The van der Waals surface area contributed by atoms with Crippen molar-refractivity contribution in [1.82, 2.24) is 10.2 Å². The molecule has 3 atom stereocenters. The third-order valence-corrected chi connectivity index (χ3v) is 3.81. The van der Waals surface area contributed by atoms with Gasteiger partial charge in [-0.05, 0) is 52.1 Å². The number of hydrogen-bond donors (Lipinski definition) is 2. The zero-order valence-electron chi connectivity index (χ0n) is 11.8. The van der Waals surface area contributed by atoms with Crippen LogP contribution in [0.5, 0.6) is 0 Å². The number of carbonyl (C=O) groups is 1. The average Bonchev–Trinajstić information content (AvgIpc) is 2.37. The zero-order chi connectivity index (χ0) is 12.8. The van der Waals surface area contributed by atoms with Crippen LogP contribution in [-0.4, -0.2) is 42.5 Å². The molecule has 1 aliphatic rings. The van der Waals surface area contributed by atoms with E-state index in [1.807, 2.05) is 13.8 Å². The molecule has 1 aliphatic heterocycles. The summed E-state index contributed by atoms with van der Waals surface area (Å²) in [5.74, 6) is 0.708. The van der Waals surface area contributed by atoms with Gasteiger partial charge in [-0.25, -0.2) is 0 Å². The second kappa shape index (κ2) is 8.73. The molecule has 18 heavy (non-hydrogen) atoms. The smallest absolute Gasteiger partial charge is 0.237 e. The summed E-state index contributed by atoms with van der Waals surface area (Å²) >= 11 is 0. The lowest BCUT2D eigenvalue weighted by Gasteiger charge is -2.36. The fourth-order valence-electron chi connectivity index (χ4n) is 2.27. The molecule has 0 aromatic heterocycles. The standard InChI is InChI=1S/C13H27N3O.ClH/c1-4-10(2)15-13(17)11(3)16-7-5-6-12(8-14)9-16;/h10-12H,4-9,14H2,1-3H3,(H,15,17);1H. The summed E-state index contributed by atoms with van der Waals surface area (Å²) < 4.78 is 0. The highest BCUT2D eigenvalue weighted by atomic mass is 35.5.